The summed E-state index contributed by atoms with van der Waals surface area (Å²) >= 11 is 0. The molecular weight excluding hydrogens is 246 g/mol. The SMILES string of the molecule is COc1c2c(c(CON)c3c1OC(C)C3)OC(C)C2. The lowest BCUT2D eigenvalue weighted by Gasteiger charge is -2.16. The van der Waals surface area contributed by atoms with Crippen LogP contribution in [0.2, 0.25) is 0 Å². The van der Waals surface area contributed by atoms with E-state index >= 15 is 0 Å². The monoisotopic (exact) mass is 265 g/mol. The van der Waals surface area contributed by atoms with Gasteiger partial charge < -0.3 is 14.2 Å². The second-order valence-corrected chi connectivity index (χ2v) is 5.20. The number of methoxy groups -OCH3 is 1. The summed E-state index contributed by atoms with van der Waals surface area (Å²) in [5, 5.41) is 0. The average molecular weight is 265 g/mol. The molecule has 3 rings (SSSR count). The van der Waals surface area contributed by atoms with E-state index in [1.165, 1.54) is 0 Å². The van der Waals surface area contributed by atoms with Crippen LogP contribution in [0, 0.1) is 0 Å². The average Bonchev–Trinajstić information content (AvgIpc) is 2.92. The lowest BCUT2D eigenvalue weighted by atomic mass is 9.97. The van der Waals surface area contributed by atoms with Crippen molar-refractivity contribution in [3.05, 3.63) is 16.7 Å². The van der Waals surface area contributed by atoms with Gasteiger partial charge in [-0.05, 0) is 13.8 Å². The van der Waals surface area contributed by atoms with E-state index in [1.54, 1.807) is 7.11 Å². The van der Waals surface area contributed by atoms with E-state index in [1.807, 2.05) is 13.8 Å². The number of hydrogen-bond donors (Lipinski definition) is 1. The highest BCUT2D eigenvalue weighted by molar-refractivity contribution is 5.65. The molecule has 19 heavy (non-hydrogen) atoms. The predicted molar refractivity (Wildman–Crippen MR) is 69.6 cm³/mol. The van der Waals surface area contributed by atoms with Crippen LogP contribution in [0.15, 0.2) is 0 Å². The van der Waals surface area contributed by atoms with Crippen molar-refractivity contribution in [1.29, 1.82) is 0 Å². The molecule has 2 aliphatic rings. The lowest BCUT2D eigenvalue weighted by molar-refractivity contribution is 0.120. The summed E-state index contributed by atoms with van der Waals surface area (Å²) in [4.78, 5) is 4.85. The molecule has 0 aromatic heterocycles. The van der Waals surface area contributed by atoms with E-state index in [4.69, 9.17) is 24.9 Å². The highest BCUT2D eigenvalue weighted by Crippen LogP contribution is 2.51. The van der Waals surface area contributed by atoms with Crippen molar-refractivity contribution >= 4 is 0 Å². The maximum atomic E-state index is 5.92. The minimum absolute atomic E-state index is 0.139. The molecule has 5 heteroatoms. The second kappa shape index (κ2) is 4.58. The third-order valence-electron chi connectivity index (χ3n) is 3.72. The molecule has 5 nitrogen and oxygen atoms in total. The Morgan fingerprint density at radius 2 is 1.74 bits per heavy atom. The van der Waals surface area contributed by atoms with Crippen LogP contribution in [-0.4, -0.2) is 19.3 Å². The van der Waals surface area contributed by atoms with Crippen molar-refractivity contribution < 1.29 is 19.0 Å². The van der Waals surface area contributed by atoms with Gasteiger partial charge in [0.25, 0.3) is 0 Å². The largest absolute Gasteiger partial charge is 0.492 e. The molecule has 0 bridgehead atoms. The van der Waals surface area contributed by atoms with Crippen molar-refractivity contribution in [2.75, 3.05) is 7.11 Å². The zero-order valence-electron chi connectivity index (χ0n) is 11.5. The Balaban J connectivity index is 2.21. The molecule has 0 spiro atoms. The molecule has 0 saturated heterocycles. The summed E-state index contributed by atoms with van der Waals surface area (Å²) in [5.41, 5.74) is 3.17. The van der Waals surface area contributed by atoms with Crippen LogP contribution in [0.5, 0.6) is 17.2 Å². The van der Waals surface area contributed by atoms with Crippen LogP contribution in [0.1, 0.15) is 30.5 Å². The van der Waals surface area contributed by atoms with Crippen LogP contribution in [0.25, 0.3) is 0 Å². The fourth-order valence-electron chi connectivity index (χ4n) is 3.01. The van der Waals surface area contributed by atoms with Crippen LogP contribution in [0.3, 0.4) is 0 Å². The van der Waals surface area contributed by atoms with Gasteiger partial charge in [-0.3, -0.25) is 4.84 Å². The smallest absolute Gasteiger partial charge is 0.168 e. The van der Waals surface area contributed by atoms with E-state index in [0.717, 1.165) is 46.8 Å². The summed E-state index contributed by atoms with van der Waals surface area (Å²) in [5.74, 6) is 7.76. The van der Waals surface area contributed by atoms with Gasteiger partial charge in [-0.1, -0.05) is 0 Å². The number of nitrogens with two attached hydrogens (primary N) is 1. The molecule has 0 saturated carbocycles. The Hall–Kier alpha value is -1.46. The van der Waals surface area contributed by atoms with Crippen LogP contribution in [-0.2, 0) is 24.3 Å². The van der Waals surface area contributed by atoms with E-state index in [0.29, 0.717) is 6.61 Å². The van der Waals surface area contributed by atoms with Crippen molar-refractivity contribution in [1.82, 2.24) is 0 Å². The molecule has 0 aliphatic carbocycles. The van der Waals surface area contributed by atoms with E-state index < -0.39 is 0 Å². The van der Waals surface area contributed by atoms with Crippen molar-refractivity contribution in [3.8, 4) is 17.2 Å². The maximum Gasteiger partial charge on any atom is 0.168 e. The number of ether oxygens (including phenoxy) is 3. The molecule has 2 N–H and O–H groups in total. The van der Waals surface area contributed by atoms with Gasteiger partial charge in [0.15, 0.2) is 11.5 Å². The van der Waals surface area contributed by atoms with E-state index in [2.05, 4.69) is 0 Å². The first kappa shape index (κ1) is 12.6. The summed E-state index contributed by atoms with van der Waals surface area (Å²) in [6.07, 6.45) is 1.93. The molecule has 2 heterocycles. The zero-order chi connectivity index (χ0) is 13.6. The number of rotatable bonds is 3. The Labute approximate surface area is 112 Å². The van der Waals surface area contributed by atoms with Gasteiger partial charge in [0.2, 0.25) is 0 Å². The van der Waals surface area contributed by atoms with Crippen LogP contribution >= 0.6 is 0 Å². The van der Waals surface area contributed by atoms with Crippen molar-refractivity contribution in [2.24, 2.45) is 5.90 Å². The normalized spacial score (nSPS) is 23.6. The minimum Gasteiger partial charge on any atom is -0.492 e. The first-order valence-electron chi connectivity index (χ1n) is 6.55. The third-order valence-corrected chi connectivity index (χ3v) is 3.72. The first-order chi connectivity index (χ1) is 9.15. The third kappa shape index (κ3) is 1.84. The van der Waals surface area contributed by atoms with Crippen molar-refractivity contribution in [3.63, 3.8) is 0 Å². The molecule has 0 amide bonds. The fraction of sp³-hybridized carbons (Fsp3) is 0.571. The summed E-state index contributed by atoms with van der Waals surface area (Å²) in [6, 6.07) is 0. The van der Waals surface area contributed by atoms with Gasteiger partial charge in [-0.2, -0.15) is 0 Å². The molecule has 0 radical (unpaired) electrons. The Kier molecular flexibility index (Phi) is 3.03. The Morgan fingerprint density at radius 3 is 2.37 bits per heavy atom. The Bertz CT molecular complexity index is 476. The molecule has 2 aliphatic heterocycles. The molecule has 1 aromatic rings. The van der Waals surface area contributed by atoms with Gasteiger partial charge in [-0.15, -0.1) is 0 Å². The van der Waals surface area contributed by atoms with Crippen molar-refractivity contribution in [2.45, 2.75) is 45.5 Å². The topological polar surface area (TPSA) is 62.9 Å². The highest BCUT2D eigenvalue weighted by atomic mass is 16.6. The number of fused-ring (bicyclic) bond motifs is 2. The molecule has 104 valence electrons. The van der Waals surface area contributed by atoms with Gasteiger partial charge in [0, 0.05) is 29.5 Å². The highest BCUT2D eigenvalue weighted by Gasteiger charge is 2.36. The van der Waals surface area contributed by atoms with E-state index in [-0.39, 0.29) is 12.2 Å². The quantitative estimate of drug-likeness (QED) is 0.843. The van der Waals surface area contributed by atoms with Crippen LogP contribution in [0.4, 0.5) is 0 Å². The molecular formula is C14H19NO4. The van der Waals surface area contributed by atoms with Crippen LogP contribution < -0.4 is 20.1 Å². The fourth-order valence-corrected chi connectivity index (χ4v) is 3.01. The summed E-state index contributed by atoms with van der Waals surface area (Å²) < 4.78 is 17.4. The lowest BCUT2D eigenvalue weighted by Crippen LogP contribution is -2.09. The minimum atomic E-state index is 0.139. The summed E-state index contributed by atoms with van der Waals surface area (Å²) in [6.45, 7) is 4.42. The molecule has 0 fully saturated rings. The molecule has 1 aromatic carbocycles. The van der Waals surface area contributed by atoms with Gasteiger partial charge in [0.05, 0.1) is 13.7 Å². The standard InChI is InChI=1S/C14H19NO4/c1-7-4-9-11(6-17-15)12-10(5-8(2)18-12)13(16-3)14(9)19-7/h7-8H,4-6,15H2,1-3H3. The predicted octanol–water partition coefficient (Wildman–Crippen LogP) is 1.73. The van der Waals surface area contributed by atoms with E-state index in [9.17, 15) is 0 Å². The first-order valence-corrected chi connectivity index (χ1v) is 6.55. The molecule has 2 unspecified atom stereocenters. The Morgan fingerprint density at radius 1 is 1.11 bits per heavy atom. The van der Waals surface area contributed by atoms with Gasteiger partial charge in [0.1, 0.15) is 18.0 Å². The van der Waals surface area contributed by atoms with Gasteiger partial charge in [-0.25, -0.2) is 5.90 Å². The zero-order valence-corrected chi connectivity index (χ0v) is 11.5. The maximum absolute atomic E-state index is 5.92. The second-order valence-electron chi connectivity index (χ2n) is 5.20. The number of benzene rings is 1. The summed E-state index contributed by atoms with van der Waals surface area (Å²) in [7, 11) is 1.67. The van der Waals surface area contributed by atoms with Gasteiger partial charge >= 0.3 is 0 Å². The number of hydrogen-bond acceptors (Lipinski definition) is 5. The molecule has 2 atom stereocenters.